The van der Waals surface area contributed by atoms with Crippen LogP contribution < -0.4 is 0 Å². The lowest BCUT2D eigenvalue weighted by molar-refractivity contribution is 0.0115. The molecule has 12 heteroatoms. The number of benzene rings is 2. The molecule has 1 aliphatic rings. The van der Waals surface area contributed by atoms with E-state index in [2.05, 4.69) is 25.1 Å². The number of aromatic nitrogens is 5. The standard InChI is InChI=1S/C33H29F3N6O2S/c1-45(43,44)8-5-20-9-22(12-24(34)11-20)25-3-2-4-28-26(25)13-30(39-28)32-27-14-29(38-17-31(27)40-41-32)23-10-21(15-37-16-23)18-42-7-6-33(35,36)19-42/h2-4,9-17,39H,5-8,18-19H2,1H3,(H,40,41). The number of alkyl halides is 2. The quantitative estimate of drug-likeness (QED) is 0.202. The van der Waals surface area contributed by atoms with E-state index < -0.39 is 21.6 Å². The van der Waals surface area contributed by atoms with E-state index in [1.807, 2.05) is 42.5 Å². The number of nitrogens with one attached hydrogen (secondary N) is 2. The third kappa shape index (κ3) is 6.20. The molecule has 1 fully saturated rings. The molecule has 2 aromatic carbocycles. The lowest BCUT2D eigenvalue weighted by atomic mass is 9.98. The summed E-state index contributed by atoms with van der Waals surface area (Å²) in [5.74, 6) is -3.15. The summed E-state index contributed by atoms with van der Waals surface area (Å²) >= 11 is 0. The highest BCUT2D eigenvalue weighted by Gasteiger charge is 2.37. The number of aryl methyl sites for hydroxylation is 1. The zero-order valence-corrected chi connectivity index (χ0v) is 25.1. The highest BCUT2D eigenvalue weighted by atomic mass is 32.2. The van der Waals surface area contributed by atoms with Gasteiger partial charge in [0.2, 0.25) is 0 Å². The van der Waals surface area contributed by atoms with E-state index in [0.29, 0.717) is 35.6 Å². The Labute approximate surface area is 257 Å². The molecule has 0 aliphatic carbocycles. The van der Waals surface area contributed by atoms with Crippen LogP contribution in [0.4, 0.5) is 13.2 Å². The second-order valence-electron chi connectivity index (χ2n) is 11.8. The van der Waals surface area contributed by atoms with Crippen LogP contribution >= 0.6 is 0 Å². The molecule has 4 aromatic heterocycles. The molecule has 0 atom stereocenters. The molecular weight excluding hydrogens is 601 g/mol. The van der Waals surface area contributed by atoms with Crippen molar-refractivity contribution in [2.24, 2.45) is 0 Å². The van der Waals surface area contributed by atoms with Gasteiger partial charge in [-0.3, -0.25) is 20.0 Å². The first-order valence-corrected chi connectivity index (χ1v) is 16.5. The van der Waals surface area contributed by atoms with Crippen molar-refractivity contribution in [3.63, 3.8) is 0 Å². The van der Waals surface area contributed by atoms with E-state index >= 15 is 0 Å². The molecule has 2 N–H and O–H groups in total. The lowest BCUT2D eigenvalue weighted by Crippen LogP contribution is -2.24. The number of halogens is 3. The summed E-state index contributed by atoms with van der Waals surface area (Å²) < 4.78 is 65.4. The molecular formula is C33H29F3N6O2S. The molecule has 1 aliphatic heterocycles. The first-order valence-electron chi connectivity index (χ1n) is 14.5. The van der Waals surface area contributed by atoms with E-state index in [0.717, 1.165) is 44.2 Å². The molecule has 0 radical (unpaired) electrons. The zero-order valence-electron chi connectivity index (χ0n) is 24.3. The Kier molecular flexibility index (Phi) is 7.20. The average molecular weight is 631 g/mol. The summed E-state index contributed by atoms with van der Waals surface area (Å²) in [5.41, 5.74) is 7.32. The van der Waals surface area contributed by atoms with E-state index in [1.54, 1.807) is 23.5 Å². The molecule has 8 nitrogen and oxygen atoms in total. The number of hydrogen-bond acceptors (Lipinski definition) is 6. The SMILES string of the molecule is CS(=O)(=O)CCc1cc(F)cc(-c2cccc3[nH]c(-c4n[nH]c5cnc(-c6cncc(CN7CCC(F)(F)C7)c6)cc45)cc23)c1. The molecule has 0 saturated carbocycles. The predicted molar refractivity (Wildman–Crippen MR) is 168 cm³/mol. The first-order chi connectivity index (χ1) is 21.5. The van der Waals surface area contributed by atoms with Crippen LogP contribution in [0.1, 0.15) is 17.5 Å². The molecule has 5 heterocycles. The van der Waals surface area contributed by atoms with Crippen molar-refractivity contribution in [1.29, 1.82) is 0 Å². The second-order valence-corrected chi connectivity index (χ2v) is 14.0. The van der Waals surface area contributed by atoms with Crippen molar-refractivity contribution in [3.8, 4) is 33.8 Å². The van der Waals surface area contributed by atoms with Crippen molar-refractivity contribution in [2.45, 2.75) is 25.3 Å². The Hall–Kier alpha value is -4.55. The number of fused-ring (bicyclic) bond motifs is 2. The van der Waals surface area contributed by atoms with Gasteiger partial charge >= 0.3 is 0 Å². The van der Waals surface area contributed by atoms with Crippen LogP contribution in [0.2, 0.25) is 0 Å². The van der Waals surface area contributed by atoms with Gasteiger partial charge < -0.3 is 4.98 Å². The summed E-state index contributed by atoms with van der Waals surface area (Å²) in [4.78, 5) is 14.1. The third-order valence-electron chi connectivity index (χ3n) is 8.14. The molecule has 0 spiro atoms. The highest BCUT2D eigenvalue weighted by Crippen LogP contribution is 2.36. The van der Waals surface area contributed by atoms with Gasteiger partial charge in [0.1, 0.15) is 21.3 Å². The average Bonchev–Trinajstić information content (AvgIpc) is 3.71. The number of sulfone groups is 1. The van der Waals surface area contributed by atoms with E-state index in [9.17, 15) is 21.6 Å². The van der Waals surface area contributed by atoms with Crippen molar-refractivity contribution >= 4 is 31.6 Å². The van der Waals surface area contributed by atoms with Crippen molar-refractivity contribution in [2.75, 3.05) is 25.1 Å². The maximum Gasteiger partial charge on any atom is 0.261 e. The number of nitrogens with zero attached hydrogens (tertiary/aromatic N) is 4. The van der Waals surface area contributed by atoms with Gasteiger partial charge in [-0.25, -0.2) is 21.6 Å². The van der Waals surface area contributed by atoms with Gasteiger partial charge in [-0.05, 0) is 65.1 Å². The van der Waals surface area contributed by atoms with Gasteiger partial charge in [0, 0.05) is 60.0 Å². The van der Waals surface area contributed by atoms with Gasteiger partial charge in [-0.15, -0.1) is 0 Å². The summed E-state index contributed by atoms with van der Waals surface area (Å²) in [6, 6.07) is 16.2. The molecule has 7 rings (SSSR count). The Morgan fingerprint density at radius 3 is 2.60 bits per heavy atom. The van der Waals surface area contributed by atoms with Crippen molar-refractivity contribution in [3.05, 3.63) is 90.1 Å². The normalized spacial score (nSPS) is 15.4. The Balaban J connectivity index is 1.22. The van der Waals surface area contributed by atoms with Crippen molar-refractivity contribution < 1.29 is 21.6 Å². The second kappa shape index (κ2) is 11.1. The number of H-pyrrole nitrogens is 2. The summed E-state index contributed by atoms with van der Waals surface area (Å²) in [5, 5.41) is 9.30. The van der Waals surface area contributed by atoms with Gasteiger partial charge in [0.25, 0.3) is 5.92 Å². The van der Waals surface area contributed by atoms with Crippen LogP contribution in [-0.4, -0.2) is 69.5 Å². The lowest BCUT2D eigenvalue weighted by Gasteiger charge is -2.15. The maximum atomic E-state index is 14.7. The Bertz CT molecular complexity index is 2180. The molecule has 6 aromatic rings. The van der Waals surface area contributed by atoms with Gasteiger partial charge in [0.15, 0.2) is 0 Å². The molecule has 45 heavy (non-hydrogen) atoms. The summed E-state index contributed by atoms with van der Waals surface area (Å²) in [7, 11) is -3.19. The summed E-state index contributed by atoms with van der Waals surface area (Å²) in [6.07, 6.45) is 6.35. The third-order valence-corrected chi connectivity index (χ3v) is 9.09. The van der Waals surface area contributed by atoms with E-state index in [1.165, 1.54) is 18.4 Å². The fourth-order valence-corrected chi connectivity index (χ4v) is 6.59. The highest BCUT2D eigenvalue weighted by molar-refractivity contribution is 7.90. The van der Waals surface area contributed by atoms with Crippen LogP contribution in [0, 0.1) is 5.82 Å². The summed E-state index contributed by atoms with van der Waals surface area (Å²) in [6.45, 7) is 0.475. The van der Waals surface area contributed by atoms with E-state index in [4.69, 9.17) is 0 Å². The van der Waals surface area contributed by atoms with Gasteiger partial charge in [-0.1, -0.05) is 18.2 Å². The van der Waals surface area contributed by atoms with Gasteiger partial charge in [0.05, 0.1) is 35.4 Å². The van der Waals surface area contributed by atoms with Crippen LogP contribution in [0.3, 0.4) is 0 Å². The molecule has 0 bridgehead atoms. The van der Waals surface area contributed by atoms with Gasteiger partial charge in [-0.2, -0.15) is 5.10 Å². The van der Waals surface area contributed by atoms with Crippen LogP contribution in [-0.2, 0) is 22.8 Å². The fourth-order valence-electron chi connectivity index (χ4n) is 5.98. The van der Waals surface area contributed by atoms with Crippen molar-refractivity contribution in [1.82, 2.24) is 30.0 Å². The zero-order chi connectivity index (χ0) is 31.3. The topological polar surface area (TPSA) is 108 Å². The van der Waals surface area contributed by atoms with Crippen LogP contribution in [0.15, 0.2) is 73.2 Å². The molecule has 1 saturated heterocycles. The Morgan fingerprint density at radius 1 is 0.956 bits per heavy atom. The molecule has 0 amide bonds. The maximum absolute atomic E-state index is 14.7. The smallest absolute Gasteiger partial charge is 0.261 e. The number of hydrogen-bond donors (Lipinski definition) is 2. The monoisotopic (exact) mass is 630 g/mol. The minimum Gasteiger partial charge on any atom is -0.353 e. The minimum absolute atomic E-state index is 0.0603. The molecule has 230 valence electrons. The van der Waals surface area contributed by atoms with E-state index in [-0.39, 0.29) is 25.1 Å². The van der Waals surface area contributed by atoms with Crippen LogP contribution in [0.25, 0.3) is 55.6 Å². The Morgan fingerprint density at radius 2 is 1.80 bits per heavy atom. The molecule has 0 unspecified atom stereocenters. The number of likely N-dealkylation sites (tertiary alicyclic amines) is 1. The number of rotatable bonds is 8. The number of pyridine rings is 2. The minimum atomic E-state index is -3.19. The fraction of sp³-hybridized carbons (Fsp3) is 0.242. The largest absolute Gasteiger partial charge is 0.353 e. The number of aromatic amines is 2. The van der Waals surface area contributed by atoms with Crippen LogP contribution in [0.5, 0.6) is 0 Å². The first kappa shape index (κ1) is 29.2. The predicted octanol–water partition coefficient (Wildman–Crippen LogP) is 6.40.